The highest BCUT2D eigenvalue weighted by Gasteiger charge is 2.22. The molecule has 0 unspecified atom stereocenters. The van der Waals surface area contributed by atoms with Crippen LogP contribution >= 0.6 is 0 Å². The maximum absolute atomic E-state index is 13.1. The number of nitrogens with one attached hydrogen (secondary N) is 3. The fourth-order valence-corrected chi connectivity index (χ4v) is 3.96. The van der Waals surface area contributed by atoms with Gasteiger partial charge in [-0.25, -0.2) is 9.97 Å². The molecule has 0 spiro atoms. The summed E-state index contributed by atoms with van der Waals surface area (Å²) >= 11 is 0. The molecule has 1 aliphatic rings. The van der Waals surface area contributed by atoms with Gasteiger partial charge in [-0.15, -0.1) is 0 Å². The molecule has 0 saturated carbocycles. The smallest absolute Gasteiger partial charge is 0.274 e. The van der Waals surface area contributed by atoms with E-state index in [1.54, 1.807) is 68.1 Å². The average Bonchev–Trinajstić information content (AvgIpc) is 2.90. The second kappa shape index (κ2) is 10.7. The fourth-order valence-electron chi connectivity index (χ4n) is 3.96. The molecule has 1 aromatic heterocycles. The molecule has 2 heterocycles. The molecule has 0 aliphatic carbocycles. The van der Waals surface area contributed by atoms with Crippen LogP contribution in [0.15, 0.2) is 48.5 Å². The van der Waals surface area contributed by atoms with Crippen LogP contribution in [0, 0.1) is 25.2 Å². The van der Waals surface area contributed by atoms with Crippen molar-refractivity contribution < 1.29 is 14.4 Å². The van der Waals surface area contributed by atoms with Gasteiger partial charge in [-0.3, -0.25) is 14.4 Å². The van der Waals surface area contributed by atoms with Crippen molar-refractivity contribution in [2.45, 2.75) is 33.1 Å². The molecule has 3 amide bonds. The number of anilines is 3. The summed E-state index contributed by atoms with van der Waals surface area (Å²) in [7, 11) is 0. The summed E-state index contributed by atoms with van der Waals surface area (Å²) in [6, 6.07) is 16.0. The molecule has 10 nitrogen and oxygen atoms in total. The molecular weight excluding hydrogens is 482 g/mol. The minimum atomic E-state index is -0.725. The van der Waals surface area contributed by atoms with Crippen molar-refractivity contribution >= 4 is 35.0 Å². The third-order valence-corrected chi connectivity index (χ3v) is 6.27. The number of aryl methyl sites for hydroxylation is 2. The maximum Gasteiger partial charge on any atom is 0.274 e. The quantitative estimate of drug-likeness (QED) is 0.461. The van der Waals surface area contributed by atoms with Crippen LogP contribution in [0.25, 0.3) is 0 Å². The number of carbonyl (C=O) groups excluding carboxylic acids is 3. The Morgan fingerprint density at radius 1 is 1.05 bits per heavy atom. The standard InChI is InChI=1S/C28H29N7O3/c1-17-8-9-21(32-25(37)19-6-5-7-20(13-19)28(3,4)16-29)14-22(17)33-26(38)23-12-18(2)31-27(34-23)35-11-10-30-24(36)15-35/h5-9,12-14H,10-11,15H2,1-4H3,(H,30,36)(H,32,37)(H,33,38). The molecule has 4 rings (SSSR count). The van der Waals surface area contributed by atoms with Crippen molar-refractivity contribution in [2.75, 3.05) is 35.2 Å². The van der Waals surface area contributed by atoms with Gasteiger partial charge in [0.2, 0.25) is 11.9 Å². The predicted molar refractivity (Wildman–Crippen MR) is 144 cm³/mol. The van der Waals surface area contributed by atoms with Crippen LogP contribution in [0.2, 0.25) is 0 Å². The number of benzene rings is 2. The van der Waals surface area contributed by atoms with Crippen molar-refractivity contribution in [1.82, 2.24) is 15.3 Å². The Kier molecular flexibility index (Phi) is 7.39. The van der Waals surface area contributed by atoms with Gasteiger partial charge in [0.15, 0.2) is 0 Å². The molecule has 3 aromatic rings. The zero-order valence-corrected chi connectivity index (χ0v) is 21.8. The molecule has 194 valence electrons. The summed E-state index contributed by atoms with van der Waals surface area (Å²) in [4.78, 5) is 48.3. The lowest BCUT2D eigenvalue weighted by molar-refractivity contribution is -0.120. The topological polar surface area (TPSA) is 140 Å². The first-order valence-corrected chi connectivity index (χ1v) is 12.2. The molecule has 1 fully saturated rings. The fraction of sp³-hybridized carbons (Fsp3) is 0.286. The number of piperazine rings is 1. The van der Waals surface area contributed by atoms with E-state index in [1.807, 2.05) is 13.0 Å². The highest BCUT2D eigenvalue weighted by molar-refractivity contribution is 6.06. The van der Waals surface area contributed by atoms with Crippen LogP contribution in [0.4, 0.5) is 17.3 Å². The van der Waals surface area contributed by atoms with E-state index in [9.17, 15) is 19.6 Å². The zero-order chi connectivity index (χ0) is 27.4. The molecule has 2 aromatic carbocycles. The Hall–Kier alpha value is -4.78. The molecule has 1 saturated heterocycles. The van der Waals surface area contributed by atoms with Crippen LogP contribution in [-0.2, 0) is 10.2 Å². The van der Waals surface area contributed by atoms with Gasteiger partial charge in [-0.05, 0) is 69.2 Å². The number of nitriles is 1. The van der Waals surface area contributed by atoms with Crippen LogP contribution < -0.4 is 20.9 Å². The van der Waals surface area contributed by atoms with E-state index in [1.165, 1.54) is 0 Å². The van der Waals surface area contributed by atoms with Crippen molar-refractivity contribution in [2.24, 2.45) is 0 Å². The van der Waals surface area contributed by atoms with Gasteiger partial charge in [0, 0.05) is 35.7 Å². The number of rotatable bonds is 6. The SMILES string of the molecule is Cc1cc(C(=O)Nc2cc(NC(=O)c3cccc(C(C)(C)C#N)c3)ccc2C)nc(N2CCNC(=O)C2)n1. The number of aromatic nitrogens is 2. The highest BCUT2D eigenvalue weighted by atomic mass is 16.2. The van der Waals surface area contributed by atoms with Gasteiger partial charge in [0.1, 0.15) is 5.69 Å². The zero-order valence-electron chi connectivity index (χ0n) is 21.8. The molecule has 0 radical (unpaired) electrons. The molecule has 10 heteroatoms. The Morgan fingerprint density at radius 3 is 2.58 bits per heavy atom. The lowest BCUT2D eigenvalue weighted by Gasteiger charge is -2.26. The van der Waals surface area contributed by atoms with Crippen LogP contribution in [0.1, 0.15) is 51.5 Å². The van der Waals surface area contributed by atoms with E-state index in [2.05, 4.69) is 32.0 Å². The van der Waals surface area contributed by atoms with E-state index in [0.717, 1.165) is 11.1 Å². The summed E-state index contributed by atoms with van der Waals surface area (Å²) in [6.45, 7) is 8.36. The van der Waals surface area contributed by atoms with E-state index in [0.29, 0.717) is 41.7 Å². The van der Waals surface area contributed by atoms with E-state index >= 15 is 0 Å². The summed E-state index contributed by atoms with van der Waals surface area (Å²) in [5.74, 6) is -0.563. The number of nitrogens with zero attached hydrogens (tertiary/aromatic N) is 4. The first-order chi connectivity index (χ1) is 18.1. The van der Waals surface area contributed by atoms with Crippen LogP contribution in [0.3, 0.4) is 0 Å². The Morgan fingerprint density at radius 2 is 1.84 bits per heavy atom. The number of hydrogen-bond donors (Lipinski definition) is 3. The largest absolute Gasteiger partial charge is 0.353 e. The van der Waals surface area contributed by atoms with E-state index < -0.39 is 11.3 Å². The van der Waals surface area contributed by atoms with Crippen molar-refractivity contribution in [3.63, 3.8) is 0 Å². The summed E-state index contributed by atoms with van der Waals surface area (Å²) in [5.41, 5.74) is 3.03. The monoisotopic (exact) mass is 511 g/mol. The lowest BCUT2D eigenvalue weighted by Crippen LogP contribution is -2.48. The van der Waals surface area contributed by atoms with Gasteiger partial charge in [-0.2, -0.15) is 5.26 Å². The van der Waals surface area contributed by atoms with Crippen molar-refractivity contribution in [3.8, 4) is 6.07 Å². The average molecular weight is 512 g/mol. The first-order valence-electron chi connectivity index (χ1n) is 12.2. The number of carbonyl (C=O) groups is 3. The third kappa shape index (κ3) is 5.95. The molecule has 0 atom stereocenters. The van der Waals surface area contributed by atoms with Gasteiger partial charge in [-0.1, -0.05) is 18.2 Å². The van der Waals surface area contributed by atoms with Crippen molar-refractivity contribution in [3.05, 3.63) is 76.6 Å². The van der Waals surface area contributed by atoms with Crippen LogP contribution in [-0.4, -0.2) is 47.3 Å². The Labute approximate surface area is 221 Å². The van der Waals surface area contributed by atoms with Gasteiger partial charge < -0.3 is 20.9 Å². The lowest BCUT2D eigenvalue weighted by atomic mass is 9.85. The molecule has 38 heavy (non-hydrogen) atoms. The minimum absolute atomic E-state index is 0.123. The Bertz CT molecular complexity index is 1460. The summed E-state index contributed by atoms with van der Waals surface area (Å²) in [5, 5.41) is 17.9. The second-order valence-electron chi connectivity index (χ2n) is 9.72. The normalized spacial score (nSPS) is 13.3. The molecule has 1 aliphatic heterocycles. The molecule has 3 N–H and O–H groups in total. The van der Waals surface area contributed by atoms with E-state index in [-0.39, 0.29) is 24.1 Å². The third-order valence-electron chi connectivity index (χ3n) is 6.27. The van der Waals surface area contributed by atoms with Gasteiger partial charge >= 0.3 is 0 Å². The molecule has 0 bridgehead atoms. The van der Waals surface area contributed by atoms with Crippen molar-refractivity contribution in [1.29, 1.82) is 5.26 Å². The first kappa shape index (κ1) is 26.3. The number of amides is 3. The second-order valence-corrected chi connectivity index (χ2v) is 9.72. The Balaban J connectivity index is 1.51. The summed E-state index contributed by atoms with van der Waals surface area (Å²) < 4.78 is 0. The van der Waals surface area contributed by atoms with E-state index in [4.69, 9.17) is 0 Å². The minimum Gasteiger partial charge on any atom is -0.353 e. The van der Waals surface area contributed by atoms with Gasteiger partial charge in [0.05, 0.1) is 18.0 Å². The highest BCUT2D eigenvalue weighted by Crippen LogP contribution is 2.25. The molecular formula is C28H29N7O3. The predicted octanol–water partition coefficient (Wildman–Crippen LogP) is 3.34. The van der Waals surface area contributed by atoms with Gasteiger partial charge in [0.25, 0.3) is 11.8 Å². The summed E-state index contributed by atoms with van der Waals surface area (Å²) in [6.07, 6.45) is 0. The number of hydrogen-bond acceptors (Lipinski definition) is 7. The van der Waals surface area contributed by atoms with Crippen LogP contribution in [0.5, 0.6) is 0 Å². The maximum atomic E-state index is 13.1.